The second-order valence-corrected chi connectivity index (χ2v) is 5.93. The van der Waals surface area contributed by atoms with Gasteiger partial charge in [-0.15, -0.1) is 11.3 Å². The van der Waals surface area contributed by atoms with E-state index >= 15 is 0 Å². The highest BCUT2D eigenvalue weighted by Crippen LogP contribution is 2.25. The fraction of sp³-hybridized carbons (Fsp3) is 0.643. The lowest BCUT2D eigenvalue weighted by atomic mass is 9.99. The molecule has 4 nitrogen and oxygen atoms in total. The summed E-state index contributed by atoms with van der Waals surface area (Å²) in [6.07, 6.45) is 3.38. The van der Waals surface area contributed by atoms with Crippen molar-refractivity contribution in [3.8, 4) is 0 Å². The number of carboxylic acid groups (broad SMARTS) is 1. The summed E-state index contributed by atoms with van der Waals surface area (Å²) in [5.74, 6) is -0.759. The van der Waals surface area contributed by atoms with Crippen molar-refractivity contribution < 1.29 is 14.6 Å². The van der Waals surface area contributed by atoms with E-state index in [1.165, 1.54) is 0 Å². The number of aliphatic carboxylic acids is 1. The molecule has 0 saturated carbocycles. The van der Waals surface area contributed by atoms with Crippen molar-refractivity contribution in [1.82, 2.24) is 5.32 Å². The number of rotatable bonds is 6. The Bertz CT molecular complexity index is 393. The van der Waals surface area contributed by atoms with Crippen molar-refractivity contribution in [3.63, 3.8) is 0 Å². The summed E-state index contributed by atoms with van der Waals surface area (Å²) in [4.78, 5) is 12.1. The average Bonchev–Trinajstić information content (AvgIpc) is 2.91. The quantitative estimate of drug-likeness (QED) is 0.843. The van der Waals surface area contributed by atoms with E-state index in [1.54, 1.807) is 11.3 Å². The van der Waals surface area contributed by atoms with Crippen molar-refractivity contribution in [3.05, 3.63) is 22.4 Å². The lowest BCUT2D eigenvalue weighted by Crippen LogP contribution is -2.41. The molecule has 19 heavy (non-hydrogen) atoms. The van der Waals surface area contributed by atoms with Gasteiger partial charge in [-0.05, 0) is 30.7 Å². The number of hydrogen-bond donors (Lipinski definition) is 2. The maximum Gasteiger partial charge on any atom is 0.305 e. The number of ether oxygens (including phenoxy) is 1. The molecule has 3 atom stereocenters. The van der Waals surface area contributed by atoms with Crippen molar-refractivity contribution >= 4 is 17.3 Å². The number of carboxylic acids is 1. The minimum atomic E-state index is -0.759. The van der Waals surface area contributed by atoms with Crippen molar-refractivity contribution in [1.29, 1.82) is 0 Å². The minimum absolute atomic E-state index is 0.0851. The average molecular weight is 283 g/mol. The molecule has 0 radical (unpaired) electrons. The Morgan fingerprint density at radius 2 is 2.53 bits per heavy atom. The second kappa shape index (κ2) is 7.03. The van der Waals surface area contributed by atoms with E-state index in [4.69, 9.17) is 9.84 Å². The summed E-state index contributed by atoms with van der Waals surface area (Å²) in [5, 5.41) is 14.5. The van der Waals surface area contributed by atoms with E-state index in [1.807, 2.05) is 17.5 Å². The van der Waals surface area contributed by atoms with Gasteiger partial charge in [-0.1, -0.05) is 13.0 Å². The van der Waals surface area contributed by atoms with Gasteiger partial charge in [0.1, 0.15) is 0 Å². The predicted octanol–water partition coefficient (Wildman–Crippen LogP) is 2.81. The van der Waals surface area contributed by atoms with Crippen LogP contribution in [-0.2, 0) is 9.53 Å². The maximum absolute atomic E-state index is 11.0. The van der Waals surface area contributed by atoms with Crippen LogP contribution in [-0.4, -0.2) is 29.8 Å². The highest BCUT2D eigenvalue weighted by Gasteiger charge is 2.25. The zero-order valence-electron chi connectivity index (χ0n) is 11.2. The molecule has 0 spiro atoms. The third kappa shape index (κ3) is 4.30. The molecule has 106 valence electrons. The molecular formula is C14H21NO3S. The van der Waals surface area contributed by atoms with Crippen LogP contribution in [0.3, 0.4) is 0 Å². The molecule has 3 unspecified atom stereocenters. The van der Waals surface area contributed by atoms with E-state index < -0.39 is 5.97 Å². The summed E-state index contributed by atoms with van der Waals surface area (Å²) in [6, 6.07) is 4.24. The van der Waals surface area contributed by atoms with Crippen LogP contribution in [0, 0.1) is 0 Å². The third-order valence-electron chi connectivity index (χ3n) is 3.52. The Morgan fingerprint density at radius 3 is 3.16 bits per heavy atom. The molecule has 1 saturated heterocycles. The van der Waals surface area contributed by atoms with Gasteiger partial charge in [0.25, 0.3) is 0 Å². The van der Waals surface area contributed by atoms with Crippen LogP contribution in [0.15, 0.2) is 17.5 Å². The summed E-state index contributed by atoms with van der Waals surface area (Å²) in [7, 11) is 0. The van der Waals surface area contributed by atoms with Crippen molar-refractivity contribution in [2.24, 2.45) is 0 Å². The van der Waals surface area contributed by atoms with Crippen LogP contribution < -0.4 is 5.32 Å². The lowest BCUT2D eigenvalue weighted by Gasteiger charge is -2.32. The first kappa shape index (κ1) is 14.5. The number of carbonyl (C=O) groups is 1. The summed E-state index contributed by atoms with van der Waals surface area (Å²) >= 11 is 1.61. The van der Waals surface area contributed by atoms with Crippen LogP contribution in [0.25, 0.3) is 0 Å². The van der Waals surface area contributed by atoms with Gasteiger partial charge < -0.3 is 15.2 Å². The van der Waals surface area contributed by atoms with Gasteiger partial charge in [-0.25, -0.2) is 0 Å². The fourth-order valence-electron chi connectivity index (χ4n) is 2.51. The first-order chi connectivity index (χ1) is 9.19. The van der Waals surface area contributed by atoms with Gasteiger partial charge in [0.2, 0.25) is 0 Å². The third-order valence-corrected chi connectivity index (χ3v) is 4.51. The molecule has 1 aliphatic heterocycles. The molecule has 1 aromatic rings. The Morgan fingerprint density at radius 1 is 1.68 bits per heavy atom. The van der Waals surface area contributed by atoms with Crippen LogP contribution in [0.4, 0.5) is 0 Å². The minimum Gasteiger partial charge on any atom is -0.481 e. The highest BCUT2D eigenvalue weighted by molar-refractivity contribution is 7.10. The van der Waals surface area contributed by atoms with E-state index in [0.29, 0.717) is 12.1 Å². The molecule has 1 aliphatic rings. The highest BCUT2D eigenvalue weighted by atomic mass is 32.1. The Labute approximate surface area is 117 Å². The van der Waals surface area contributed by atoms with E-state index in [-0.39, 0.29) is 12.5 Å². The van der Waals surface area contributed by atoms with Crippen LogP contribution in [0.1, 0.15) is 43.5 Å². The summed E-state index contributed by atoms with van der Waals surface area (Å²) in [6.45, 7) is 2.89. The van der Waals surface area contributed by atoms with Crippen LogP contribution in [0.2, 0.25) is 0 Å². The molecule has 5 heteroatoms. The Kier molecular flexibility index (Phi) is 5.36. The SMILES string of the molecule is CCC1CC(NC(CC(=O)O)c2cccs2)CCO1. The molecule has 0 bridgehead atoms. The molecule has 1 aromatic heterocycles. The van der Waals surface area contributed by atoms with E-state index in [9.17, 15) is 4.79 Å². The van der Waals surface area contributed by atoms with Gasteiger partial charge in [-0.2, -0.15) is 0 Å². The summed E-state index contributed by atoms with van der Waals surface area (Å²) < 4.78 is 5.66. The van der Waals surface area contributed by atoms with Gasteiger partial charge in [0.15, 0.2) is 0 Å². The van der Waals surface area contributed by atoms with E-state index in [2.05, 4.69) is 12.2 Å². The van der Waals surface area contributed by atoms with Gasteiger partial charge >= 0.3 is 5.97 Å². The Balaban J connectivity index is 1.97. The van der Waals surface area contributed by atoms with Crippen molar-refractivity contribution in [2.45, 2.75) is 50.8 Å². The normalized spacial score (nSPS) is 25.1. The first-order valence-electron chi connectivity index (χ1n) is 6.82. The van der Waals surface area contributed by atoms with Crippen molar-refractivity contribution in [2.75, 3.05) is 6.61 Å². The van der Waals surface area contributed by atoms with Gasteiger partial charge in [0.05, 0.1) is 18.6 Å². The van der Waals surface area contributed by atoms with Gasteiger partial charge in [-0.3, -0.25) is 4.79 Å². The monoisotopic (exact) mass is 283 g/mol. The lowest BCUT2D eigenvalue weighted by molar-refractivity contribution is -0.137. The molecule has 0 amide bonds. The smallest absolute Gasteiger partial charge is 0.305 e. The fourth-order valence-corrected chi connectivity index (χ4v) is 3.29. The standard InChI is InChI=1S/C14H21NO3S/c1-2-11-8-10(5-6-18-11)15-12(9-14(16)17)13-4-3-7-19-13/h3-4,7,10-12,15H,2,5-6,8-9H2,1H3,(H,16,17). The van der Waals surface area contributed by atoms with Crippen LogP contribution in [0.5, 0.6) is 0 Å². The molecule has 1 fully saturated rings. The second-order valence-electron chi connectivity index (χ2n) is 4.95. The first-order valence-corrected chi connectivity index (χ1v) is 7.69. The summed E-state index contributed by atoms with van der Waals surface area (Å²) in [5.41, 5.74) is 0. The molecule has 0 aliphatic carbocycles. The zero-order valence-corrected chi connectivity index (χ0v) is 12.0. The maximum atomic E-state index is 11.0. The molecule has 2 rings (SSSR count). The number of thiophene rings is 1. The molecular weight excluding hydrogens is 262 g/mol. The topological polar surface area (TPSA) is 58.6 Å². The van der Waals surface area contributed by atoms with Crippen LogP contribution >= 0.6 is 11.3 Å². The molecule has 2 heterocycles. The van der Waals surface area contributed by atoms with E-state index in [0.717, 1.165) is 30.7 Å². The molecule has 0 aromatic carbocycles. The number of hydrogen-bond acceptors (Lipinski definition) is 4. The predicted molar refractivity (Wildman–Crippen MR) is 75.5 cm³/mol. The Hall–Kier alpha value is -0.910. The van der Waals surface area contributed by atoms with Gasteiger partial charge in [0, 0.05) is 17.5 Å². The molecule has 2 N–H and O–H groups in total. The number of nitrogens with one attached hydrogen (secondary N) is 1. The largest absolute Gasteiger partial charge is 0.481 e. The zero-order chi connectivity index (χ0) is 13.7.